The molecule has 0 aromatic heterocycles. The lowest BCUT2D eigenvalue weighted by Crippen LogP contribution is -2.47. The second-order valence-corrected chi connectivity index (χ2v) is 8.86. The lowest BCUT2D eigenvalue weighted by molar-refractivity contribution is -0.133. The zero-order chi connectivity index (χ0) is 21.2. The van der Waals surface area contributed by atoms with Gasteiger partial charge in [-0.15, -0.1) is 0 Å². The van der Waals surface area contributed by atoms with Gasteiger partial charge in [-0.1, -0.05) is 42.5 Å². The van der Waals surface area contributed by atoms with Crippen molar-refractivity contribution >= 4 is 11.6 Å². The summed E-state index contributed by atoms with van der Waals surface area (Å²) in [6.45, 7) is 4.58. The fraction of sp³-hybridized carbons (Fsp3) is 0.480. The third-order valence-electron chi connectivity index (χ3n) is 7.00. The monoisotopic (exact) mass is 423 g/mol. The highest BCUT2D eigenvalue weighted by molar-refractivity contribution is 5.77. The Kier molecular flexibility index (Phi) is 5.92. The smallest absolute Gasteiger partial charge is 0.225 e. The van der Waals surface area contributed by atoms with Crippen molar-refractivity contribution in [1.82, 2.24) is 9.80 Å². The van der Waals surface area contributed by atoms with Gasteiger partial charge in [-0.2, -0.15) is 0 Å². The Bertz CT molecular complexity index is 901. The fourth-order valence-electron chi connectivity index (χ4n) is 5.34. The standard InChI is InChI=1S/C25H30FN3O2/c26-21-8-4-5-9-22(21)27-13-10-20(11-14-27)28-17-23-24(18-28)31-15-12-25(30)29(23)16-19-6-2-1-3-7-19/h1-9,20,23-24H,10-18H2/t23-,24-/m0/s1. The van der Waals surface area contributed by atoms with Crippen LogP contribution in [0.2, 0.25) is 0 Å². The molecule has 0 spiro atoms. The number of benzene rings is 2. The number of nitrogens with zero attached hydrogens (tertiary/aromatic N) is 3. The Morgan fingerprint density at radius 2 is 1.71 bits per heavy atom. The van der Waals surface area contributed by atoms with Crippen molar-refractivity contribution in [3.8, 4) is 0 Å². The molecule has 3 heterocycles. The normalized spacial score (nSPS) is 25.5. The maximum absolute atomic E-state index is 14.2. The number of piperidine rings is 1. The number of halogens is 1. The second kappa shape index (κ2) is 8.97. The van der Waals surface area contributed by atoms with E-state index >= 15 is 0 Å². The molecule has 2 aromatic rings. The van der Waals surface area contributed by atoms with Gasteiger partial charge in [0.2, 0.25) is 5.91 Å². The van der Waals surface area contributed by atoms with Crippen molar-refractivity contribution in [3.05, 3.63) is 66.0 Å². The summed E-state index contributed by atoms with van der Waals surface area (Å²) < 4.78 is 20.3. The van der Waals surface area contributed by atoms with Crippen LogP contribution in [0.1, 0.15) is 24.8 Å². The van der Waals surface area contributed by atoms with E-state index in [1.807, 2.05) is 35.2 Å². The molecule has 0 bridgehead atoms. The fourth-order valence-corrected chi connectivity index (χ4v) is 5.34. The second-order valence-electron chi connectivity index (χ2n) is 8.86. The van der Waals surface area contributed by atoms with Crippen LogP contribution >= 0.6 is 0 Å². The molecule has 31 heavy (non-hydrogen) atoms. The zero-order valence-corrected chi connectivity index (χ0v) is 17.8. The van der Waals surface area contributed by atoms with Crippen molar-refractivity contribution < 1.29 is 13.9 Å². The number of ether oxygens (including phenoxy) is 1. The van der Waals surface area contributed by atoms with Gasteiger partial charge in [0.1, 0.15) is 5.82 Å². The molecule has 3 aliphatic heterocycles. The highest BCUT2D eigenvalue weighted by Gasteiger charge is 2.43. The number of anilines is 1. The lowest BCUT2D eigenvalue weighted by Gasteiger charge is -2.38. The number of hydrogen-bond acceptors (Lipinski definition) is 4. The molecule has 6 heteroatoms. The topological polar surface area (TPSA) is 36.0 Å². The van der Waals surface area contributed by atoms with E-state index in [9.17, 15) is 9.18 Å². The van der Waals surface area contributed by atoms with Crippen LogP contribution in [0.4, 0.5) is 10.1 Å². The summed E-state index contributed by atoms with van der Waals surface area (Å²) in [5, 5.41) is 0. The van der Waals surface area contributed by atoms with Crippen molar-refractivity contribution in [2.75, 3.05) is 37.7 Å². The first-order chi connectivity index (χ1) is 15.2. The van der Waals surface area contributed by atoms with Gasteiger partial charge >= 0.3 is 0 Å². The number of para-hydroxylation sites is 1. The lowest BCUT2D eigenvalue weighted by atomic mass is 10.0. The average molecular weight is 424 g/mol. The summed E-state index contributed by atoms with van der Waals surface area (Å²) in [6.07, 6.45) is 2.53. The van der Waals surface area contributed by atoms with Gasteiger partial charge in [0.05, 0.1) is 30.9 Å². The van der Waals surface area contributed by atoms with Crippen LogP contribution in [-0.4, -0.2) is 66.7 Å². The van der Waals surface area contributed by atoms with Crippen LogP contribution in [0, 0.1) is 5.82 Å². The Labute approximate surface area is 183 Å². The number of rotatable bonds is 4. The molecule has 0 aliphatic carbocycles. The summed E-state index contributed by atoms with van der Waals surface area (Å²) in [6, 6.07) is 17.8. The van der Waals surface area contributed by atoms with Gasteiger partial charge < -0.3 is 14.5 Å². The van der Waals surface area contributed by atoms with E-state index in [-0.39, 0.29) is 23.9 Å². The number of fused-ring (bicyclic) bond motifs is 1. The van der Waals surface area contributed by atoms with Crippen molar-refractivity contribution in [2.24, 2.45) is 0 Å². The molecule has 164 valence electrons. The average Bonchev–Trinajstić information content (AvgIpc) is 3.16. The summed E-state index contributed by atoms with van der Waals surface area (Å²) in [4.78, 5) is 19.6. The first-order valence-corrected chi connectivity index (χ1v) is 11.4. The summed E-state index contributed by atoms with van der Waals surface area (Å²) in [5.74, 6) is 0.0421. The minimum absolute atomic E-state index is 0.0692. The van der Waals surface area contributed by atoms with Crippen molar-refractivity contribution in [2.45, 2.75) is 44.0 Å². The summed E-state index contributed by atoms with van der Waals surface area (Å²) in [7, 11) is 0. The van der Waals surface area contributed by atoms with E-state index in [1.165, 1.54) is 6.07 Å². The maximum Gasteiger partial charge on any atom is 0.225 e. The third kappa shape index (κ3) is 4.32. The van der Waals surface area contributed by atoms with Crippen LogP contribution in [0.5, 0.6) is 0 Å². The highest BCUT2D eigenvalue weighted by atomic mass is 19.1. The van der Waals surface area contributed by atoms with Crippen molar-refractivity contribution in [1.29, 1.82) is 0 Å². The molecule has 0 radical (unpaired) electrons. The molecule has 5 nitrogen and oxygen atoms in total. The molecule has 3 fully saturated rings. The molecule has 2 atom stereocenters. The Morgan fingerprint density at radius 3 is 2.48 bits per heavy atom. The molecule has 1 amide bonds. The van der Waals surface area contributed by atoms with Crippen LogP contribution in [0.3, 0.4) is 0 Å². The van der Waals surface area contributed by atoms with E-state index < -0.39 is 0 Å². The third-order valence-corrected chi connectivity index (χ3v) is 7.00. The molecule has 3 saturated heterocycles. The molecule has 5 rings (SSSR count). The van der Waals surface area contributed by atoms with Crippen LogP contribution in [-0.2, 0) is 16.1 Å². The Balaban J connectivity index is 1.25. The van der Waals surface area contributed by atoms with E-state index in [2.05, 4.69) is 21.9 Å². The number of carbonyl (C=O) groups is 1. The quantitative estimate of drug-likeness (QED) is 0.756. The summed E-state index contributed by atoms with van der Waals surface area (Å²) in [5.41, 5.74) is 1.86. The zero-order valence-electron chi connectivity index (χ0n) is 17.8. The van der Waals surface area contributed by atoms with Gasteiger partial charge in [-0.3, -0.25) is 9.69 Å². The van der Waals surface area contributed by atoms with Crippen molar-refractivity contribution in [3.63, 3.8) is 0 Å². The molecule has 2 aromatic carbocycles. The minimum atomic E-state index is -0.146. The molecular weight excluding hydrogens is 393 g/mol. The maximum atomic E-state index is 14.2. The predicted octanol–water partition coefficient (Wildman–Crippen LogP) is 3.30. The number of amides is 1. The largest absolute Gasteiger partial charge is 0.374 e. The Hall–Kier alpha value is -2.44. The van der Waals surface area contributed by atoms with Crippen LogP contribution < -0.4 is 4.90 Å². The van der Waals surface area contributed by atoms with E-state index in [0.29, 0.717) is 31.3 Å². The first kappa shape index (κ1) is 20.5. The minimum Gasteiger partial charge on any atom is -0.374 e. The SMILES string of the molecule is O=C1CCO[C@H]2CN(C3CCN(c4ccccc4F)CC3)C[C@@H]2N1Cc1ccccc1. The van der Waals surface area contributed by atoms with Crippen LogP contribution in [0.15, 0.2) is 54.6 Å². The number of carbonyl (C=O) groups excluding carboxylic acids is 1. The predicted molar refractivity (Wildman–Crippen MR) is 118 cm³/mol. The van der Waals surface area contributed by atoms with E-state index in [1.54, 1.807) is 6.07 Å². The molecule has 0 N–H and O–H groups in total. The molecule has 0 unspecified atom stereocenters. The number of likely N-dealkylation sites (tertiary alicyclic amines) is 1. The van der Waals surface area contributed by atoms with Gasteiger partial charge in [0.15, 0.2) is 0 Å². The molecular formula is C25H30FN3O2. The van der Waals surface area contributed by atoms with E-state index in [0.717, 1.165) is 44.6 Å². The van der Waals surface area contributed by atoms with Gasteiger partial charge in [-0.25, -0.2) is 4.39 Å². The van der Waals surface area contributed by atoms with Gasteiger partial charge in [0, 0.05) is 38.8 Å². The van der Waals surface area contributed by atoms with Crippen LogP contribution in [0.25, 0.3) is 0 Å². The highest BCUT2D eigenvalue weighted by Crippen LogP contribution is 2.30. The molecule has 3 aliphatic rings. The summed E-state index contributed by atoms with van der Waals surface area (Å²) >= 11 is 0. The molecule has 0 saturated carbocycles. The van der Waals surface area contributed by atoms with E-state index in [4.69, 9.17) is 4.74 Å². The Morgan fingerprint density at radius 1 is 0.968 bits per heavy atom. The first-order valence-electron chi connectivity index (χ1n) is 11.4. The number of hydrogen-bond donors (Lipinski definition) is 0. The van der Waals surface area contributed by atoms with Gasteiger partial charge in [-0.05, 0) is 30.5 Å². The van der Waals surface area contributed by atoms with Gasteiger partial charge in [0.25, 0.3) is 0 Å².